The van der Waals surface area contributed by atoms with Gasteiger partial charge in [0.1, 0.15) is 6.10 Å². The lowest BCUT2D eigenvalue weighted by atomic mass is 9.53. The Morgan fingerprint density at radius 2 is 1.68 bits per heavy atom. The second-order valence-electron chi connectivity index (χ2n) is 7.65. The van der Waals surface area contributed by atoms with Crippen LogP contribution in [0.25, 0.3) is 11.6 Å². The molecule has 0 radical (unpaired) electrons. The predicted octanol–water partition coefficient (Wildman–Crippen LogP) is 5.08. The number of rotatable bonds is 0. The van der Waals surface area contributed by atoms with Crippen molar-refractivity contribution in [1.29, 1.82) is 0 Å². The van der Waals surface area contributed by atoms with Gasteiger partial charge in [-0.2, -0.15) is 0 Å². The average molecular weight is 292 g/mol. The Kier molecular flexibility index (Phi) is 2.88. The summed E-state index contributed by atoms with van der Waals surface area (Å²) in [4.78, 5) is 0. The van der Waals surface area contributed by atoms with Crippen LogP contribution in [0.5, 0.6) is 0 Å². The predicted molar refractivity (Wildman–Crippen MR) is 90.3 cm³/mol. The molecular formula is C21H24O. The molecule has 0 amide bonds. The zero-order valence-corrected chi connectivity index (χ0v) is 13.1. The minimum absolute atomic E-state index is 0.183. The van der Waals surface area contributed by atoms with E-state index in [0.717, 1.165) is 18.4 Å². The highest BCUT2D eigenvalue weighted by molar-refractivity contribution is 5.83. The molecule has 3 aliphatic carbocycles. The molecule has 4 aliphatic rings. The van der Waals surface area contributed by atoms with Crippen molar-refractivity contribution < 1.29 is 4.74 Å². The smallest absolute Gasteiger partial charge is 0.101 e. The van der Waals surface area contributed by atoms with Gasteiger partial charge in [0.15, 0.2) is 0 Å². The van der Waals surface area contributed by atoms with Crippen LogP contribution in [0.15, 0.2) is 36.4 Å². The van der Waals surface area contributed by atoms with Crippen LogP contribution in [0, 0.1) is 17.3 Å². The van der Waals surface area contributed by atoms with E-state index in [1.807, 2.05) is 0 Å². The average Bonchev–Trinajstić information content (AvgIpc) is 2.54. The molecule has 1 spiro atoms. The molecule has 2 fully saturated rings. The summed E-state index contributed by atoms with van der Waals surface area (Å²) in [6.45, 7) is 0.947. The van der Waals surface area contributed by atoms with Crippen molar-refractivity contribution in [3.8, 4) is 0 Å². The van der Waals surface area contributed by atoms with E-state index in [1.54, 1.807) is 0 Å². The first-order valence-corrected chi connectivity index (χ1v) is 8.99. The Morgan fingerprint density at radius 1 is 0.955 bits per heavy atom. The first kappa shape index (κ1) is 13.1. The SMILES string of the molecule is C1=CC2OCC3(C=C2c2ccccc21)C1CCCC3CCC1. The lowest BCUT2D eigenvalue weighted by molar-refractivity contribution is -0.0643. The molecule has 0 saturated heterocycles. The van der Waals surface area contributed by atoms with Crippen molar-refractivity contribution in [2.24, 2.45) is 17.3 Å². The van der Waals surface area contributed by atoms with Crippen LogP contribution in [-0.2, 0) is 4.74 Å². The van der Waals surface area contributed by atoms with Crippen molar-refractivity contribution in [3.63, 3.8) is 0 Å². The number of benzene rings is 1. The molecule has 1 unspecified atom stereocenters. The molecule has 0 N–H and O–H groups in total. The fourth-order valence-corrected chi connectivity index (χ4v) is 5.61. The van der Waals surface area contributed by atoms with Gasteiger partial charge in [-0.1, -0.05) is 55.3 Å². The van der Waals surface area contributed by atoms with E-state index in [2.05, 4.69) is 42.5 Å². The highest BCUT2D eigenvalue weighted by Gasteiger charge is 2.50. The van der Waals surface area contributed by atoms with Gasteiger partial charge in [0.25, 0.3) is 0 Å². The van der Waals surface area contributed by atoms with E-state index in [-0.39, 0.29) is 6.10 Å². The zero-order valence-electron chi connectivity index (χ0n) is 13.1. The first-order chi connectivity index (χ1) is 10.9. The third kappa shape index (κ3) is 1.75. The van der Waals surface area contributed by atoms with Crippen LogP contribution in [-0.4, -0.2) is 12.7 Å². The lowest BCUT2D eigenvalue weighted by Crippen LogP contribution is -2.49. The van der Waals surface area contributed by atoms with Crippen molar-refractivity contribution in [2.45, 2.75) is 44.6 Å². The molecule has 2 saturated carbocycles. The molecule has 1 heterocycles. The minimum atomic E-state index is 0.183. The third-order valence-electron chi connectivity index (χ3n) is 6.70. The van der Waals surface area contributed by atoms with Crippen LogP contribution in [0.3, 0.4) is 0 Å². The molecule has 1 aromatic rings. The fourth-order valence-electron chi connectivity index (χ4n) is 5.61. The monoisotopic (exact) mass is 292 g/mol. The maximum atomic E-state index is 6.41. The van der Waals surface area contributed by atoms with Gasteiger partial charge in [0, 0.05) is 5.41 Å². The summed E-state index contributed by atoms with van der Waals surface area (Å²) in [5.74, 6) is 1.71. The van der Waals surface area contributed by atoms with Crippen LogP contribution in [0.4, 0.5) is 0 Å². The highest BCUT2D eigenvalue weighted by atomic mass is 16.5. The third-order valence-corrected chi connectivity index (χ3v) is 6.70. The molecule has 1 heteroatoms. The van der Waals surface area contributed by atoms with E-state index in [4.69, 9.17) is 4.74 Å². The summed E-state index contributed by atoms with van der Waals surface area (Å²) in [5.41, 5.74) is 4.54. The molecule has 1 nitrogen and oxygen atoms in total. The Morgan fingerprint density at radius 3 is 2.45 bits per heavy atom. The number of hydrogen-bond acceptors (Lipinski definition) is 1. The molecule has 22 heavy (non-hydrogen) atoms. The Balaban J connectivity index is 1.65. The van der Waals surface area contributed by atoms with E-state index in [1.165, 1.54) is 55.2 Å². The molecule has 114 valence electrons. The summed E-state index contributed by atoms with van der Waals surface area (Å²) in [6, 6.07) is 8.81. The molecule has 0 aromatic heterocycles. The first-order valence-electron chi connectivity index (χ1n) is 8.99. The van der Waals surface area contributed by atoms with Gasteiger partial charge in [-0.05, 0) is 54.2 Å². The van der Waals surface area contributed by atoms with E-state index in [9.17, 15) is 0 Å². The summed E-state index contributed by atoms with van der Waals surface area (Å²) in [7, 11) is 0. The lowest BCUT2D eigenvalue weighted by Gasteiger charge is -2.54. The summed E-state index contributed by atoms with van der Waals surface area (Å²) in [6.07, 6.45) is 15.8. The molecule has 5 rings (SSSR count). The van der Waals surface area contributed by atoms with Gasteiger partial charge >= 0.3 is 0 Å². The van der Waals surface area contributed by atoms with Gasteiger partial charge < -0.3 is 4.74 Å². The number of ether oxygens (including phenoxy) is 1. The maximum Gasteiger partial charge on any atom is 0.101 e. The Labute approximate surface area is 133 Å². The molecule has 1 atom stereocenters. The minimum Gasteiger partial charge on any atom is -0.368 e. The van der Waals surface area contributed by atoms with Gasteiger partial charge in [-0.25, -0.2) is 0 Å². The quantitative estimate of drug-likeness (QED) is 0.647. The van der Waals surface area contributed by atoms with Crippen LogP contribution in [0.1, 0.15) is 49.7 Å². The molecule has 2 bridgehead atoms. The van der Waals surface area contributed by atoms with E-state index in [0.29, 0.717) is 5.41 Å². The molecule has 1 aliphatic heterocycles. The van der Waals surface area contributed by atoms with Crippen LogP contribution in [0.2, 0.25) is 0 Å². The zero-order chi connectivity index (χ0) is 14.6. The van der Waals surface area contributed by atoms with Gasteiger partial charge in [0.05, 0.1) is 6.61 Å². The molecule has 1 aromatic carbocycles. The fraction of sp³-hybridized carbons (Fsp3) is 0.524. The largest absolute Gasteiger partial charge is 0.368 e. The summed E-state index contributed by atoms with van der Waals surface area (Å²) in [5, 5.41) is 0. The Hall–Kier alpha value is -1.34. The summed E-state index contributed by atoms with van der Waals surface area (Å²) >= 11 is 0. The number of fused-ring (bicyclic) bond motifs is 3. The molecular weight excluding hydrogens is 268 g/mol. The van der Waals surface area contributed by atoms with Crippen LogP contribution >= 0.6 is 0 Å². The highest BCUT2D eigenvalue weighted by Crippen LogP contribution is 2.57. The summed E-state index contributed by atoms with van der Waals surface area (Å²) < 4.78 is 6.41. The topological polar surface area (TPSA) is 9.23 Å². The Bertz CT molecular complexity index is 632. The van der Waals surface area contributed by atoms with E-state index < -0.39 is 0 Å². The number of hydrogen-bond donors (Lipinski definition) is 0. The van der Waals surface area contributed by atoms with Crippen molar-refractivity contribution in [1.82, 2.24) is 0 Å². The van der Waals surface area contributed by atoms with Crippen molar-refractivity contribution in [3.05, 3.63) is 47.5 Å². The van der Waals surface area contributed by atoms with Crippen molar-refractivity contribution >= 4 is 11.6 Å². The maximum absolute atomic E-state index is 6.41. The van der Waals surface area contributed by atoms with E-state index >= 15 is 0 Å². The van der Waals surface area contributed by atoms with Gasteiger partial charge in [0.2, 0.25) is 0 Å². The van der Waals surface area contributed by atoms with Gasteiger partial charge in [-0.3, -0.25) is 0 Å². The standard InChI is InChI=1S/C21H24O/c1-2-10-18-15(5-1)11-12-20-19(18)13-21(14-22-20)16-6-3-7-17(21)9-4-8-16/h1-2,5,10-13,16-17,20H,3-4,6-9,14H2. The van der Waals surface area contributed by atoms with Crippen molar-refractivity contribution in [2.75, 3.05) is 6.61 Å². The normalized spacial score (nSPS) is 39.1. The second-order valence-corrected chi connectivity index (χ2v) is 7.65. The van der Waals surface area contributed by atoms with Gasteiger partial charge in [-0.15, -0.1) is 0 Å². The second kappa shape index (κ2) is 4.83. The van der Waals surface area contributed by atoms with Crippen LogP contribution < -0.4 is 0 Å².